The predicted octanol–water partition coefficient (Wildman–Crippen LogP) is 2.04. The van der Waals surface area contributed by atoms with Crippen molar-refractivity contribution in [2.24, 2.45) is 0 Å². The van der Waals surface area contributed by atoms with Crippen LogP contribution in [0.4, 0.5) is 0 Å². The van der Waals surface area contributed by atoms with Gasteiger partial charge in [0.05, 0.1) is 12.3 Å². The summed E-state index contributed by atoms with van der Waals surface area (Å²) in [4.78, 5) is 4.27. The Hall–Kier alpha value is -1.41. The molecule has 2 nitrogen and oxygen atoms in total. The first-order valence-corrected chi connectivity index (χ1v) is 4.27. The van der Waals surface area contributed by atoms with Gasteiger partial charge in [-0.15, -0.1) is 0 Å². The van der Waals surface area contributed by atoms with Crippen molar-refractivity contribution in [2.45, 2.75) is 13.5 Å². The summed E-state index contributed by atoms with van der Waals surface area (Å²) in [5.41, 5.74) is 1.71. The topological polar surface area (TPSA) is 33.1 Å². The summed E-state index contributed by atoms with van der Waals surface area (Å²) in [5, 5.41) is 11.3. The first-order valence-electron chi connectivity index (χ1n) is 4.27. The van der Waals surface area contributed by atoms with Gasteiger partial charge in [-0.25, -0.2) is 0 Å². The fourth-order valence-corrected chi connectivity index (χ4v) is 1.54. The maximum Gasteiger partial charge on any atom is 0.0859 e. The molecular formula is C11H11NO. The predicted molar refractivity (Wildman–Crippen MR) is 52.4 cm³/mol. The van der Waals surface area contributed by atoms with Gasteiger partial charge in [0.15, 0.2) is 0 Å². The Bertz CT molecular complexity index is 437. The summed E-state index contributed by atoms with van der Waals surface area (Å²) in [6, 6.07) is 9.98. The Labute approximate surface area is 76.9 Å². The van der Waals surface area contributed by atoms with Gasteiger partial charge in [0.2, 0.25) is 0 Å². The van der Waals surface area contributed by atoms with E-state index in [4.69, 9.17) is 5.11 Å². The van der Waals surface area contributed by atoms with Crippen molar-refractivity contribution < 1.29 is 5.11 Å². The van der Waals surface area contributed by atoms with E-state index in [1.165, 1.54) is 0 Å². The Morgan fingerprint density at radius 3 is 2.85 bits per heavy atom. The summed E-state index contributed by atoms with van der Waals surface area (Å²) in [5.74, 6) is 0. The molecule has 13 heavy (non-hydrogen) atoms. The van der Waals surface area contributed by atoms with Crippen molar-refractivity contribution in [1.82, 2.24) is 4.98 Å². The van der Waals surface area contributed by atoms with Crippen molar-refractivity contribution in [2.75, 3.05) is 0 Å². The van der Waals surface area contributed by atoms with E-state index in [9.17, 15) is 0 Å². The molecule has 1 N–H and O–H groups in total. The molecule has 0 unspecified atom stereocenters. The minimum absolute atomic E-state index is 0.00218. The third-order valence-electron chi connectivity index (χ3n) is 2.10. The van der Waals surface area contributed by atoms with E-state index in [-0.39, 0.29) is 6.61 Å². The van der Waals surface area contributed by atoms with Crippen LogP contribution in [-0.4, -0.2) is 10.1 Å². The molecule has 0 saturated carbocycles. The molecule has 2 aromatic rings. The number of aromatic nitrogens is 1. The van der Waals surface area contributed by atoms with Gasteiger partial charge in [-0.05, 0) is 18.4 Å². The van der Waals surface area contributed by atoms with Crippen molar-refractivity contribution in [3.63, 3.8) is 0 Å². The highest BCUT2D eigenvalue weighted by Gasteiger charge is 2.01. The average molecular weight is 173 g/mol. The summed E-state index contributed by atoms with van der Waals surface area (Å²) >= 11 is 0. The number of hydrogen-bond acceptors (Lipinski definition) is 2. The standard InChI is InChI=1S/C11H11NO/c1-8-6-9-4-2-3-5-10(9)11(7-13)12-8/h2-6,13H,7H2,1H3. The van der Waals surface area contributed by atoms with E-state index < -0.39 is 0 Å². The molecule has 0 spiro atoms. The number of aliphatic hydroxyl groups is 1. The molecule has 0 radical (unpaired) electrons. The van der Waals surface area contributed by atoms with Crippen LogP contribution in [0, 0.1) is 6.92 Å². The van der Waals surface area contributed by atoms with Crippen LogP contribution in [0.5, 0.6) is 0 Å². The SMILES string of the molecule is Cc1cc2ccccc2c(CO)n1. The highest BCUT2D eigenvalue weighted by atomic mass is 16.3. The van der Waals surface area contributed by atoms with E-state index in [0.717, 1.165) is 22.2 Å². The zero-order valence-electron chi connectivity index (χ0n) is 7.49. The lowest BCUT2D eigenvalue weighted by Gasteiger charge is -2.03. The molecule has 0 aliphatic carbocycles. The maximum atomic E-state index is 9.10. The lowest BCUT2D eigenvalue weighted by molar-refractivity contribution is 0.278. The highest BCUT2D eigenvalue weighted by molar-refractivity contribution is 5.84. The number of benzene rings is 1. The van der Waals surface area contributed by atoms with E-state index >= 15 is 0 Å². The number of aliphatic hydroxyl groups excluding tert-OH is 1. The van der Waals surface area contributed by atoms with Crippen molar-refractivity contribution in [3.8, 4) is 0 Å². The Morgan fingerprint density at radius 1 is 1.31 bits per heavy atom. The molecule has 66 valence electrons. The van der Waals surface area contributed by atoms with Gasteiger partial charge in [0.1, 0.15) is 0 Å². The van der Waals surface area contributed by atoms with Crippen molar-refractivity contribution >= 4 is 10.8 Å². The Morgan fingerprint density at radius 2 is 2.08 bits per heavy atom. The molecule has 1 aromatic carbocycles. The van der Waals surface area contributed by atoms with Crippen LogP contribution < -0.4 is 0 Å². The van der Waals surface area contributed by atoms with Crippen LogP contribution in [0.2, 0.25) is 0 Å². The number of fused-ring (bicyclic) bond motifs is 1. The van der Waals surface area contributed by atoms with Gasteiger partial charge in [0.25, 0.3) is 0 Å². The molecule has 0 atom stereocenters. The van der Waals surface area contributed by atoms with E-state index in [1.54, 1.807) is 0 Å². The Kier molecular flexibility index (Phi) is 1.99. The summed E-state index contributed by atoms with van der Waals surface area (Å²) in [7, 11) is 0. The minimum Gasteiger partial charge on any atom is -0.390 e. The summed E-state index contributed by atoms with van der Waals surface area (Å²) in [6.45, 7) is 1.94. The maximum absolute atomic E-state index is 9.10. The summed E-state index contributed by atoms with van der Waals surface area (Å²) in [6.07, 6.45) is 0. The normalized spacial score (nSPS) is 10.6. The molecule has 0 aliphatic rings. The molecule has 1 aromatic heterocycles. The lowest BCUT2D eigenvalue weighted by Crippen LogP contribution is -1.93. The number of rotatable bonds is 1. The van der Waals surface area contributed by atoms with Crippen LogP contribution in [0.25, 0.3) is 10.8 Å². The molecular weight excluding hydrogens is 162 g/mol. The lowest BCUT2D eigenvalue weighted by atomic mass is 10.1. The number of nitrogens with zero attached hydrogens (tertiary/aromatic N) is 1. The first-order chi connectivity index (χ1) is 6.31. The molecule has 0 amide bonds. The average Bonchev–Trinajstić information content (AvgIpc) is 2.16. The van der Waals surface area contributed by atoms with Gasteiger partial charge in [-0.1, -0.05) is 24.3 Å². The van der Waals surface area contributed by atoms with Crippen molar-refractivity contribution in [1.29, 1.82) is 0 Å². The fourth-order valence-electron chi connectivity index (χ4n) is 1.54. The number of hydrogen-bond donors (Lipinski definition) is 1. The Balaban J connectivity index is 2.81. The van der Waals surface area contributed by atoms with Gasteiger partial charge in [0, 0.05) is 11.1 Å². The molecule has 0 bridgehead atoms. The van der Waals surface area contributed by atoms with Crippen LogP contribution in [0.3, 0.4) is 0 Å². The molecule has 2 rings (SSSR count). The van der Waals surface area contributed by atoms with Crippen LogP contribution in [-0.2, 0) is 6.61 Å². The second-order valence-electron chi connectivity index (χ2n) is 3.09. The van der Waals surface area contributed by atoms with E-state index in [2.05, 4.69) is 4.98 Å². The summed E-state index contributed by atoms with van der Waals surface area (Å²) < 4.78 is 0. The van der Waals surface area contributed by atoms with Crippen LogP contribution in [0.15, 0.2) is 30.3 Å². The zero-order valence-corrected chi connectivity index (χ0v) is 7.49. The minimum atomic E-state index is 0.00218. The third kappa shape index (κ3) is 1.40. The monoisotopic (exact) mass is 173 g/mol. The third-order valence-corrected chi connectivity index (χ3v) is 2.10. The smallest absolute Gasteiger partial charge is 0.0859 e. The molecule has 1 heterocycles. The second kappa shape index (κ2) is 3.15. The van der Waals surface area contributed by atoms with Gasteiger partial charge >= 0.3 is 0 Å². The molecule has 2 heteroatoms. The number of aryl methyl sites for hydroxylation is 1. The van der Waals surface area contributed by atoms with E-state index in [1.807, 2.05) is 37.3 Å². The largest absolute Gasteiger partial charge is 0.390 e. The molecule has 0 aliphatic heterocycles. The highest BCUT2D eigenvalue weighted by Crippen LogP contribution is 2.17. The second-order valence-corrected chi connectivity index (χ2v) is 3.09. The quantitative estimate of drug-likeness (QED) is 0.715. The first kappa shape index (κ1) is 8.20. The fraction of sp³-hybridized carbons (Fsp3) is 0.182. The molecule has 0 fully saturated rings. The van der Waals surface area contributed by atoms with Gasteiger partial charge in [-0.3, -0.25) is 4.98 Å². The molecule has 0 saturated heterocycles. The number of pyridine rings is 1. The van der Waals surface area contributed by atoms with Crippen LogP contribution >= 0.6 is 0 Å². The van der Waals surface area contributed by atoms with Gasteiger partial charge in [-0.2, -0.15) is 0 Å². The van der Waals surface area contributed by atoms with Gasteiger partial charge < -0.3 is 5.11 Å². The van der Waals surface area contributed by atoms with Crippen LogP contribution in [0.1, 0.15) is 11.4 Å². The van der Waals surface area contributed by atoms with E-state index in [0.29, 0.717) is 0 Å². The van der Waals surface area contributed by atoms with Crippen molar-refractivity contribution in [3.05, 3.63) is 41.7 Å². The zero-order chi connectivity index (χ0) is 9.26.